The van der Waals surface area contributed by atoms with E-state index < -0.39 is 0 Å². The molecule has 0 radical (unpaired) electrons. The predicted octanol–water partition coefficient (Wildman–Crippen LogP) is 2.70. The number of aryl methyl sites for hydroxylation is 1. The molecule has 1 aromatic heterocycles. The van der Waals surface area contributed by atoms with Crippen LogP contribution in [0.3, 0.4) is 0 Å². The Labute approximate surface area is 139 Å². The van der Waals surface area contributed by atoms with Gasteiger partial charge in [-0.2, -0.15) is 10.4 Å². The average Bonchev–Trinajstić information content (AvgIpc) is 3.02. The van der Waals surface area contributed by atoms with E-state index in [1.807, 2.05) is 17.9 Å². The molecule has 0 spiro atoms. The second-order valence-corrected chi connectivity index (χ2v) is 7.13. The van der Waals surface area contributed by atoms with E-state index in [4.69, 9.17) is 4.74 Å². The van der Waals surface area contributed by atoms with Crippen LogP contribution < -0.4 is 0 Å². The molecule has 0 aliphatic carbocycles. The van der Waals surface area contributed by atoms with Crippen molar-refractivity contribution in [2.45, 2.75) is 44.4 Å². The fourth-order valence-electron chi connectivity index (χ4n) is 4.11. The number of nitrogens with zero attached hydrogens (tertiary/aromatic N) is 4. The van der Waals surface area contributed by atoms with Crippen LogP contribution in [0.5, 0.6) is 0 Å². The molecular weight excluding hydrogens is 288 g/mol. The second kappa shape index (κ2) is 7.46. The fourth-order valence-corrected chi connectivity index (χ4v) is 4.11. The van der Waals surface area contributed by atoms with E-state index >= 15 is 0 Å². The maximum atomic E-state index is 9.55. The van der Waals surface area contributed by atoms with Crippen molar-refractivity contribution in [1.29, 1.82) is 5.26 Å². The first-order valence-corrected chi connectivity index (χ1v) is 8.92. The smallest absolute Gasteiger partial charge is 0.0691 e. The number of ether oxygens (including phenoxy) is 1. The minimum Gasteiger partial charge on any atom is -0.381 e. The van der Waals surface area contributed by atoms with E-state index in [1.165, 1.54) is 25.1 Å². The first kappa shape index (κ1) is 16.5. The first-order valence-electron chi connectivity index (χ1n) is 8.92. The van der Waals surface area contributed by atoms with E-state index in [2.05, 4.69) is 22.1 Å². The highest BCUT2D eigenvalue weighted by Crippen LogP contribution is 2.35. The standard InChI is InChI=1S/C18H28N4O/c1-21-17(5-9-20-21)16-4-2-10-22(14-16)11-3-6-18(15-19)7-12-23-13-8-18/h5,9,16H,2-4,6-8,10-14H2,1H3. The van der Waals surface area contributed by atoms with E-state index in [9.17, 15) is 5.26 Å². The summed E-state index contributed by atoms with van der Waals surface area (Å²) < 4.78 is 7.43. The summed E-state index contributed by atoms with van der Waals surface area (Å²) >= 11 is 0. The third-order valence-corrected chi connectivity index (χ3v) is 5.60. The second-order valence-electron chi connectivity index (χ2n) is 7.13. The molecule has 0 saturated carbocycles. The molecule has 0 N–H and O–H groups in total. The Morgan fingerprint density at radius 2 is 2.26 bits per heavy atom. The Morgan fingerprint density at radius 3 is 2.96 bits per heavy atom. The summed E-state index contributed by atoms with van der Waals surface area (Å²) in [7, 11) is 2.04. The molecule has 2 aliphatic rings. The molecule has 3 heterocycles. The molecule has 126 valence electrons. The zero-order valence-corrected chi connectivity index (χ0v) is 14.2. The third-order valence-electron chi connectivity index (χ3n) is 5.60. The van der Waals surface area contributed by atoms with Gasteiger partial charge in [-0.15, -0.1) is 0 Å². The molecule has 5 heteroatoms. The lowest BCUT2D eigenvalue weighted by molar-refractivity contribution is 0.0345. The largest absolute Gasteiger partial charge is 0.381 e. The number of nitriles is 1. The number of hydrogen-bond donors (Lipinski definition) is 0. The van der Waals surface area contributed by atoms with Gasteiger partial charge in [0.25, 0.3) is 0 Å². The zero-order valence-electron chi connectivity index (χ0n) is 14.2. The molecule has 1 aromatic rings. The van der Waals surface area contributed by atoms with Crippen molar-refractivity contribution in [1.82, 2.24) is 14.7 Å². The van der Waals surface area contributed by atoms with Crippen LogP contribution >= 0.6 is 0 Å². The van der Waals surface area contributed by atoms with Crippen LogP contribution in [0.4, 0.5) is 0 Å². The maximum Gasteiger partial charge on any atom is 0.0691 e. The van der Waals surface area contributed by atoms with Gasteiger partial charge in [0.1, 0.15) is 0 Å². The molecule has 23 heavy (non-hydrogen) atoms. The highest BCUT2D eigenvalue weighted by molar-refractivity contribution is 5.09. The monoisotopic (exact) mass is 316 g/mol. The van der Waals surface area contributed by atoms with Crippen LogP contribution in [0.15, 0.2) is 12.3 Å². The van der Waals surface area contributed by atoms with E-state index in [0.717, 1.165) is 52.0 Å². The van der Waals surface area contributed by atoms with E-state index in [1.54, 1.807) is 0 Å². The van der Waals surface area contributed by atoms with E-state index in [0.29, 0.717) is 5.92 Å². The van der Waals surface area contributed by atoms with Crippen LogP contribution in [-0.4, -0.2) is 47.5 Å². The lowest BCUT2D eigenvalue weighted by atomic mass is 9.78. The SMILES string of the molecule is Cn1nccc1C1CCCN(CCCC2(C#N)CCOCC2)C1. The van der Waals surface area contributed by atoms with Gasteiger partial charge in [-0.25, -0.2) is 0 Å². The fraction of sp³-hybridized carbons (Fsp3) is 0.778. The van der Waals surface area contributed by atoms with Crippen LogP contribution in [0.25, 0.3) is 0 Å². The van der Waals surface area contributed by atoms with Gasteiger partial charge >= 0.3 is 0 Å². The summed E-state index contributed by atoms with van der Waals surface area (Å²) in [6, 6.07) is 4.74. The lowest BCUT2D eigenvalue weighted by Crippen LogP contribution is -2.36. The predicted molar refractivity (Wildman–Crippen MR) is 89.0 cm³/mol. The number of likely N-dealkylation sites (tertiary alicyclic amines) is 1. The minimum atomic E-state index is -0.129. The molecular formula is C18H28N4O. The van der Waals surface area contributed by atoms with Crippen molar-refractivity contribution in [3.05, 3.63) is 18.0 Å². The van der Waals surface area contributed by atoms with Crippen molar-refractivity contribution >= 4 is 0 Å². The molecule has 2 fully saturated rings. The summed E-state index contributed by atoms with van der Waals surface area (Å²) in [6.45, 7) is 4.93. The van der Waals surface area contributed by atoms with Crippen LogP contribution in [0.1, 0.15) is 50.1 Å². The number of aromatic nitrogens is 2. The summed E-state index contributed by atoms with van der Waals surface area (Å²) in [5, 5.41) is 13.9. The highest BCUT2D eigenvalue weighted by atomic mass is 16.5. The van der Waals surface area contributed by atoms with Crippen LogP contribution in [0, 0.1) is 16.7 Å². The molecule has 5 nitrogen and oxygen atoms in total. The Morgan fingerprint density at radius 1 is 1.43 bits per heavy atom. The minimum absolute atomic E-state index is 0.129. The lowest BCUT2D eigenvalue weighted by Gasteiger charge is -2.34. The van der Waals surface area contributed by atoms with Crippen LogP contribution in [-0.2, 0) is 11.8 Å². The number of hydrogen-bond acceptors (Lipinski definition) is 4. The van der Waals surface area contributed by atoms with Crippen molar-refractivity contribution in [3.63, 3.8) is 0 Å². The maximum absolute atomic E-state index is 9.55. The van der Waals surface area contributed by atoms with Gasteiger partial charge in [-0.1, -0.05) is 0 Å². The van der Waals surface area contributed by atoms with Gasteiger partial charge in [0.15, 0.2) is 0 Å². The molecule has 0 aromatic carbocycles. The molecule has 1 unspecified atom stereocenters. The number of rotatable bonds is 5. The Hall–Kier alpha value is -1.38. The van der Waals surface area contributed by atoms with Gasteiger partial charge in [-0.05, 0) is 57.7 Å². The van der Waals surface area contributed by atoms with Crippen molar-refractivity contribution in [3.8, 4) is 6.07 Å². The highest BCUT2D eigenvalue weighted by Gasteiger charge is 2.32. The Bertz CT molecular complexity index is 541. The van der Waals surface area contributed by atoms with E-state index in [-0.39, 0.29) is 5.41 Å². The number of piperidine rings is 1. The van der Waals surface area contributed by atoms with Gasteiger partial charge in [-0.3, -0.25) is 4.68 Å². The zero-order chi connectivity index (χ0) is 16.1. The topological polar surface area (TPSA) is 54.1 Å². The molecule has 1 atom stereocenters. The van der Waals surface area contributed by atoms with Crippen molar-refractivity contribution < 1.29 is 4.74 Å². The third kappa shape index (κ3) is 3.94. The van der Waals surface area contributed by atoms with Gasteiger partial charge in [0, 0.05) is 44.6 Å². The quantitative estimate of drug-likeness (QED) is 0.838. The van der Waals surface area contributed by atoms with Gasteiger partial charge in [0.2, 0.25) is 0 Å². The van der Waals surface area contributed by atoms with Crippen molar-refractivity contribution in [2.75, 3.05) is 32.8 Å². The van der Waals surface area contributed by atoms with Gasteiger partial charge < -0.3 is 9.64 Å². The molecule has 0 amide bonds. The summed E-state index contributed by atoms with van der Waals surface area (Å²) in [5.41, 5.74) is 1.22. The average molecular weight is 316 g/mol. The van der Waals surface area contributed by atoms with Crippen LogP contribution in [0.2, 0.25) is 0 Å². The normalized spacial score (nSPS) is 25.1. The van der Waals surface area contributed by atoms with Crippen molar-refractivity contribution in [2.24, 2.45) is 12.5 Å². The van der Waals surface area contributed by atoms with Gasteiger partial charge in [0.05, 0.1) is 11.5 Å². The summed E-state index contributed by atoms with van der Waals surface area (Å²) in [6.07, 6.45) is 8.35. The molecule has 3 rings (SSSR count). The molecule has 2 aliphatic heterocycles. The molecule has 2 saturated heterocycles. The summed E-state index contributed by atoms with van der Waals surface area (Å²) in [5.74, 6) is 0.601. The molecule has 0 bridgehead atoms. The Balaban J connectivity index is 1.48. The Kier molecular flexibility index (Phi) is 5.34. The first-order chi connectivity index (χ1) is 11.2. The summed E-state index contributed by atoms with van der Waals surface area (Å²) in [4.78, 5) is 2.57.